The van der Waals surface area contributed by atoms with E-state index in [9.17, 15) is 5.11 Å². The van der Waals surface area contributed by atoms with Crippen molar-refractivity contribution in [2.24, 2.45) is 10.3 Å². The predicted octanol–water partition coefficient (Wildman–Crippen LogP) is 2.18. The second kappa shape index (κ2) is 6.53. The van der Waals surface area contributed by atoms with E-state index in [0.717, 1.165) is 35.4 Å². The summed E-state index contributed by atoms with van der Waals surface area (Å²) in [4.78, 5) is 4.11. The Morgan fingerprint density at radius 1 is 1.19 bits per heavy atom. The van der Waals surface area contributed by atoms with Gasteiger partial charge in [0.15, 0.2) is 0 Å². The Labute approximate surface area is 152 Å². The van der Waals surface area contributed by atoms with E-state index in [-0.39, 0.29) is 12.0 Å². The average molecular weight is 350 g/mol. The maximum atomic E-state index is 9.35. The van der Waals surface area contributed by atoms with Crippen molar-refractivity contribution in [2.45, 2.75) is 25.2 Å². The number of hydrogen-bond donors (Lipinski definition) is 2. The van der Waals surface area contributed by atoms with Crippen LogP contribution in [0, 0.1) is 0 Å². The zero-order valence-corrected chi connectivity index (χ0v) is 14.8. The Kier molecular flexibility index (Phi) is 4.20. The number of aryl methyl sites for hydroxylation is 1. The standard InChI is InChI=1S/C20H22N4O2/c1-20(16-3-4-17-15(12-16)2-5-18(17)23-26)13-24(10-11-25)22-19(20)14-6-8-21-9-7-14/h3-4,6-9,12,25-26H,2,5,10-11,13H2,1H3/b23-18+. The molecule has 0 amide bonds. The first-order valence-electron chi connectivity index (χ1n) is 8.86. The molecule has 0 saturated carbocycles. The fourth-order valence-corrected chi connectivity index (χ4v) is 4.00. The van der Waals surface area contributed by atoms with Crippen LogP contribution in [0.1, 0.15) is 35.6 Å². The maximum Gasteiger partial charge on any atom is 0.0873 e. The highest BCUT2D eigenvalue weighted by atomic mass is 16.4. The van der Waals surface area contributed by atoms with Crippen LogP contribution >= 0.6 is 0 Å². The number of hydrogen-bond acceptors (Lipinski definition) is 6. The molecule has 0 spiro atoms. The van der Waals surface area contributed by atoms with Gasteiger partial charge in [-0.15, -0.1) is 0 Å². The Morgan fingerprint density at radius 2 is 2.00 bits per heavy atom. The van der Waals surface area contributed by atoms with Crippen LogP contribution in [0.2, 0.25) is 0 Å². The third-order valence-electron chi connectivity index (χ3n) is 5.38. The summed E-state index contributed by atoms with van der Waals surface area (Å²) in [5.74, 6) is 0. The summed E-state index contributed by atoms with van der Waals surface area (Å²) >= 11 is 0. The van der Waals surface area contributed by atoms with E-state index in [1.165, 1.54) is 11.1 Å². The van der Waals surface area contributed by atoms with E-state index in [0.29, 0.717) is 13.1 Å². The van der Waals surface area contributed by atoms with Gasteiger partial charge in [0.05, 0.1) is 36.5 Å². The van der Waals surface area contributed by atoms with Crippen LogP contribution in [0.15, 0.2) is 53.0 Å². The lowest BCUT2D eigenvalue weighted by atomic mass is 9.75. The van der Waals surface area contributed by atoms with Crippen LogP contribution in [0.4, 0.5) is 0 Å². The first kappa shape index (κ1) is 16.7. The lowest BCUT2D eigenvalue weighted by Crippen LogP contribution is -2.36. The molecule has 1 aromatic heterocycles. The molecule has 1 aliphatic heterocycles. The van der Waals surface area contributed by atoms with Gasteiger partial charge in [-0.05, 0) is 43.0 Å². The smallest absolute Gasteiger partial charge is 0.0873 e. The van der Waals surface area contributed by atoms with Crippen molar-refractivity contribution in [2.75, 3.05) is 19.7 Å². The van der Waals surface area contributed by atoms with E-state index >= 15 is 0 Å². The van der Waals surface area contributed by atoms with Gasteiger partial charge in [0.25, 0.3) is 0 Å². The third kappa shape index (κ3) is 2.66. The molecule has 2 N–H and O–H groups in total. The highest BCUT2D eigenvalue weighted by molar-refractivity contribution is 6.09. The van der Waals surface area contributed by atoms with Gasteiger partial charge in [0.1, 0.15) is 0 Å². The fourth-order valence-electron chi connectivity index (χ4n) is 4.00. The molecule has 1 atom stereocenters. The minimum absolute atomic E-state index is 0.0731. The molecule has 1 aromatic carbocycles. The summed E-state index contributed by atoms with van der Waals surface area (Å²) in [6.45, 7) is 3.49. The van der Waals surface area contributed by atoms with E-state index in [2.05, 4.69) is 35.3 Å². The Balaban J connectivity index is 1.77. The van der Waals surface area contributed by atoms with Crippen LogP contribution in [0.25, 0.3) is 0 Å². The molecule has 0 bridgehead atoms. The molecular formula is C20H22N4O2. The Hall–Kier alpha value is -2.73. The molecule has 6 heteroatoms. The summed E-state index contributed by atoms with van der Waals surface area (Å²) in [6, 6.07) is 10.3. The number of β-amino-alcohol motifs (C(OH)–C–C–N with tert-alkyl or cyclic N) is 1. The van der Waals surface area contributed by atoms with Crippen molar-refractivity contribution in [3.05, 3.63) is 65.0 Å². The third-order valence-corrected chi connectivity index (χ3v) is 5.38. The maximum absolute atomic E-state index is 9.35. The molecule has 0 radical (unpaired) electrons. The summed E-state index contributed by atoms with van der Waals surface area (Å²) in [7, 11) is 0. The number of oxime groups is 1. The largest absolute Gasteiger partial charge is 0.411 e. The molecule has 1 unspecified atom stereocenters. The first-order valence-corrected chi connectivity index (χ1v) is 8.86. The quantitative estimate of drug-likeness (QED) is 0.654. The van der Waals surface area contributed by atoms with Gasteiger partial charge in [0, 0.05) is 23.5 Å². The van der Waals surface area contributed by atoms with Crippen molar-refractivity contribution in [3.8, 4) is 0 Å². The molecule has 6 nitrogen and oxygen atoms in total. The molecule has 2 aromatic rings. The van der Waals surface area contributed by atoms with Crippen LogP contribution in [0.5, 0.6) is 0 Å². The minimum atomic E-state index is -0.287. The molecule has 134 valence electrons. The van der Waals surface area contributed by atoms with E-state index < -0.39 is 0 Å². The molecule has 0 saturated heterocycles. The number of fused-ring (bicyclic) bond motifs is 1. The van der Waals surface area contributed by atoms with Crippen LogP contribution in [0.3, 0.4) is 0 Å². The highest BCUT2D eigenvalue weighted by Gasteiger charge is 2.41. The van der Waals surface area contributed by atoms with Gasteiger partial charge in [0.2, 0.25) is 0 Å². The van der Waals surface area contributed by atoms with Gasteiger partial charge in [-0.1, -0.05) is 23.4 Å². The number of nitrogens with zero attached hydrogens (tertiary/aromatic N) is 4. The number of aliphatic hydroxyl groups excluding tert-OH is 1. The summed E-state index contributed by atoms with van der Waals surface area (Å²) in [6.07, 6.45) is 5.22. The van der Waals surface area contributed by atoms with Crippen molar-refractivity contribution in [1.82, 2.24) is 9.99 Å². The zero-order chi connectivity index (χ0) is 18.1. The van der Waals surface area contributed by atoms with E-state index in [1.54, 1.807) is 12.4 Å². The monoisotopic (exact) mass is 350 g/mol. The summed E-state index contributed by atoms with van der Waals surface area (Å²) in [5.41, 5.74) is 5.94. The SMILES string of the molecule is CC1(c2ccc3c(c2)CC/C3=N\O)CN(CCO)N=C1c1ccncc1. The molecule has 2 heterocycles. The molecule has 26 heavy (non-hydrogen) atoms. The van der Waals surface area contributed by atoms with Gasteiger partial charge in [-0.25, -0.2) is 0 Å². The van der Waals surface area contributed by atoms with Crippen molar-refractivity contribution in [1.29, 1.82) is 0 Å². The lowest BCUT2D eigenvalue weighted by Gasteiger charge is -2.28. The van der Waals surface area contributed by atoms with Crippen molar-refractivity contribution >= 4 is 11.4 Å². The molecule has 2 aliphatic rings. The Morgan fingerprint density at radius 3 is 2.73 bits per heavy atom. The molecular weight excluding hydrogens is 328 g/mol. The number of rotatable bonds is 4. The lowest BCUT2D eigenvalue weighted by molar-refractivity contribution is 0.202. The number of aromatic nitrogens is 1. The summed E-state index contributed by atoms with van der Waals surface area (Å²) < 4.78 is 0. The molecule has 1 aliphatic carbocycles. The first-order chi connectivity index (χ1) is 12.7. The molecule has 0 fully saturated rings. The minimum Gasteiger partial charge on any atom is -0.411 e. The topological polar surface area (TPSA) is 81.3 Å². The zero-order valence-electron chi connectivity index (χ0n) is 14.8. The number of benzene rings is 1. The number of pyridine rings is 1. The summed E-state index contributed by atoms with van der Waals surface area (Å²) in [5, 5.41) is 28.7. The van der Waals surface area contributed by atoms with Crippen molar-refractivity contribution < 1.29 is 10.3 Å². The van der Waals surface area contributed by atoms with Crippen LogP contribution in [-0.2, 0) is 11.8 Å². The van der Waals surface area contributed by atoms with Gasteiger partial charge in [-0.2, -0.15) is 5.10 Å². The van der Waals surface area contributed by atoms with Gasteiger partial charge in [-0.3, -0.25) is 9.99 Å². The van der Waals surface area contributed by atoms with Crippen LogP contribution in [-0.4, -0.2) is 51.4 Å². The molecule has 4 rings (SSSR count). The van der Waals surface area contributed by atoms with Gasteiger partial charge >= 0.3 is 0 Å². The Bertz CT molecular complexity index is 879. The van der Waals surface area contributed by atoms with E-state index in [4.69, 9.17) is 10.3 Å². The second-order valence-electron chi connectivity index (χ2n) is 7.05. The van der Waals surface area contributed by atoms with Crippen molar-refractivity contribution in [3.63, 3.8) is 0 Å². The number of hydrazone groups is 1. The normalized spacial score (nSPS) is 23.4. The van der Waals surface area contributed by atoms with Gasteiger partial charge < -0.3 is 10.3 Å². The number of aliphatic hydroxyl groups is 1. The predicted molar refractivity (Wildman–Crippen MR) is 99.9 cm³/mol. The second-order valence-corrected chi connectivity index (χ2v) is 7.05. The average Bonchev–Trinajstić information content (AvgIpc) is 3.23. The van der Waals surface area contributed by atoms with E-state index in [1.807, 2.05) is 17.1 Å². The van der Waals surface area contributed by atoms with Crippen LogP contribution < -0.4 is 0 Å². The highest BCUT2D eigenvalue weighted by Crippen LogP contribution is 2.37. The fraction of sp³-hybridized carbons (Fsp3) is 0.350.